The molecular weight excluding hydrogens is 261 g/mol. The molecule has 0 bridgehead atoms. The molecule has 2 aromatic rings. The number of hydrogen-bond donors (Lipinski definition) is 1. The van der Waals surface area contributed by atoms with Gasteiger partial charge in [-0.2, -0.15) is 5.26 Å². The van der Waals surface area contributed by atoms with Crippen LogP contribution in [0.3, 0.4) is 0 Å². The van der Waals surface area contributed by atoms with Crippen LogP contribution in [0.25, 0.3) is 0 Å². The molecule has 0 saturated heterocycles. The molecule has 0 aliphatic carbocycles. The lowest BCUT2D eigenvalue weighted by Gasteiger charge is -2.07. The molecule has 100 valence electrons. The SMILES string of the molecule is N#Cc1cccc(CNc2ccc(F)cc2[N+](=O)[O-])c1. The molecule has 1 N–H and O–H groups in total. The monoisotopic (exact) mass is 271 g/mol. The van der Waals surface area contributed by atoms with Crippen LogP contribution in [-0.4, -0.2) is 4.92 Å². The summed E-state index contributed by atoms with van der Waals surface area (Å²) in [6, 6.07) is 12.2. The van der Waals surface area contributed by atoms with Gasteiger partial charge in [-0.3, -0.25) is 10.1 Å². The summed E-state index contributed by atoms with van der Waals surface area (Å²) in [7, 11) is 0. The Bertz CT molecular complexity index is 695. The predicted molar refractivity (Wildman–Crippen MR) is 71.5 cm³/mol. The van der Waals surface area contributed by atoms with Crippen molar-refractivity contribution in [2.45, 2.75) is 6.54 Å². The summed E-state index contributed by atoms with van der Waals surface area (Å²) in [5, 5.41) is 22.5. The van der Waals surface area contributed by atoms with Crippen LogP contribution in [0.4, 0.5) is 15.8 Å². The van der Waals surface area contributed by atoms with Gasteiger partial charge in [-0.25, -0.2) is 4.39 Å². The van der Waals surface area contributed by atoms with Gasteiger partial charge in [-0.1, -0.05) is 12.1 Å². The van der Waals surface area contributed by atoms with Crippen LogP contribution in [0.2, 0.25) is 0 Å². The van der Waals surface area contributed by atoms with Crippen molar-refractivity contribution in [3.63, 3.8) is 0 Å². The molecule has 6 heteroatoms. The summed E-state index contributed by atoms with van der Waals surface area (Å²) in [5.41, 5.74) is 1.24. The van der Waals surface area contributed by atoms with Crippen molar-refractivity contribution in [3.05, 3.63) is 69.5 Å². The number of nitrogens with one attached hydrogen (secondary N) is 1. The van der Waals surface area contributed by atoms with E-state index < -0.39 is 10.7 Å². The maximum Gasteiger partial charge on any atom is 0.295 e. The van der Waals surface area contributed by atoms with Crippen LogP contribution in [-0.2, 0) is 6.54 Å². The summed E-state index contributed by atoms with van der Waals surface area (Å²) in [6.45, 7) is 0.308. The van der Waals surface area contributed by atoms with Gasteiger partial charge in [0, 0.05) is 6.54 Å². The van der Waals surface area contributed by atoms with Crippen molar-refractivity contribution >= 4 is 11.4 Å². The topological polar surface area (TPSA) is 79.0 Å². The van der Waals surface area contributed by atoms with E-state index in [-0.39, 0.29) is 11.4 Å². The average Bonchev–Trinajstić information content (AvgIpc) is 2.46. The zero-order valence-electron chi connectivity index (χ0n) is 10.3. The van der Waals surface area contributed by atoms with Crippen LogP contribution in [0.5, 0.6) is 0 Å². The number of halogens is 1. The van der Waals surface area contributed by atoms with E-state index in [0.717, 1.165) is 17.7 Å². The summed E-state index contributed by atoms with van der Waals surface area (Å²) < 4.78 is 13.0. The van der Waals surface area contributed by atoms with E-state index in [9.17, 15) is 14.5 Å². The quantitative estimate of drug-likeness (QED) is 0.684. The Morgan fingerprint density at radius 1 is 1.30 bits per heavy atom. The second-order valence-electron chi connectivity index (χ2n) is 4.08. The van der Waals surface area contributed by atoms with Crippen molar-refractivity contribution < 1.29 is 9.31 Å². The lowest BCUT2D eigenvalue weighted by atomic mass is 10.1. The van der Waals surface area contributed by atoms with E-state index in [1.165, 1.54) is 6.07 Å². The van der Waals surface area contributed by atoms with E-state index >= 15 is 0 Å². The molecular formula is C14H10FN3O2. The summed E-state index contributed by atoms with van der Waals surface area (Å²) >= 11 is 0. The molecule has 0 atom stereocenters. The summed E-state index contributed by atoms with van der Waals surface area (Å²) in [5.74, 6) is -0.659. The molecule has 0 spiro atoms. The molecule has 0 unspecified atom stereocenters. The Labute approximate surface area is 114 Å². The number of hydrogen-bond acceptors (Lipinski definition) is 4. The van der Waals surface area contributed by atoms with Crippen LogP contribution in [0.15, 0.2) is 42.5 Å². The lowest BCUT2D eigenvalue weighted by Crippen LogP contribution is -2.03. The maximum absolute atomic E-state index is 13.0. The van der Waals surface area contributed by atoms with Crippen molar-refractivity contribution in [2.24, 2.45) is 0 Å². The summed E-state index contributed by atoms with van der Waals surface area (Å²) in [6.07, 6.45) is 0. The molecule has 0 fully saturated rings. The molecule has 0 heterocycles. The Hall–Kier alpha value is -2.94. The van der Waals surface area contributed by atoms with Gasteiger partial charge in [0.1, 0.15) is 11.5 Å². The third-order valence-corrected chi connectivity index (χ3v) is 2.70. The maximum atomic E-state index is 13.0. The highest BCUT2D eigenvalue weighted by atomic mass is 19.1. The average molecular weight is 271 g/mol. The van der Waals surface area contributed by atoms with E-state index in [4.69, 9.17) is 5.26 Å². The first-order chi connectivity index (χ1) is 9.60. The van der Waals surface area contributed by atoms with Gasteiger partial charge in [0.2, 0.25) is 0 Å². The second-order valence-corrected chi connectivity index (χ2v) is 4.08. The zero-order valence-corrected chi connectivity index (χ0v) is 10.3. The van der Waals surface area contributed by atoms with Crippen molar-refractivity contribution in [3.8, 4) is 6.07 Å². The van der Waals surface area contributed by atoms with Gasteiger partial charge < -0.3 is 5.32 Å². The Balaban J connectivity index is 2.19. The molecule has 0 aliphatic rings. The van der Waals surface area contributed by atoms with Crippen LogP contribution >= 0.6 is 0 Å². The number of nitriles is 1. The largest absolute Gasteiger partial charge is 0.375 e. The van der Waals surface area contributed by atoms with E-state index in [1.54, 1.807) is 24.3 Å². The van der Waals surface area contributed by atoms with Gasteiger partial charge in [0.25, 0.3) is 5.69 Å². The molecule has 2 aromatic carbocycles. The second kappa shape index (κ2) is 5.80. The summed E-state index contributed by atoms with van der Waals surface area (Å²) in [4.78, 5) is 10.2. The molecule has 0 radical (unpaired) electrons. The Morgan fingerprint density at radius 2 is 2.10 bits per heavy atom. The minimum absolute atomic E-state index is 0.235. The molecule has 20 heavy (non-hydrogen) atoms. The molecule has 5 nitrogen and oxygen atoms in total. The first-order valence-corrected chi connectivity index (χ1v) is 5.77. The normalized spacial score (nSPS) is 9.80. The fraction of sp³-hybridized carbons (Fsp3) is 0.0714. The molecule has 2 rings (SSSR count). The number of nitrogens with zero attached hydrogens (tertiary/aromatic N) is 2. The van der Waals surface area contributed by atoms with Gasteiger partial charge >= 0.3 is 0 Å². The minimum Gasteiger partial charge on any atom is -0.375 e. The molecule has 0 saturated carbocycles. The third kappa shape index (κ3) is 3.09. The van der Waals surface area contributed by atoms with Crippen molar-refractivity contribution in [1.82, 2.24) is 0 Å². The number of benzene rings is 2. The van der Waals surface area contributed by atoms with Crippen LogP contribution in [0, 0.1) is 27.3 Å². The van der Waals surface area contributed by atoms with Crippen LogP contribution < -0.4 is 5.32 Å². The zero-order chi connectivity index (χ0) is 14.5. The van der Waals surface area contributed by atoms with Crippen LogP contribution in [0.1, 0.15) is 11.1 Å². The highest BCUT2D eigenvalue weighted by molar-refractivity contribution is 5.61. The Morgan fingerprint density at radius 3 is 2.80 bits per heavy atom. The predicted octanol–water partition coefficient (Wildman–Crippen LogP) is 3.22. The van der Waals surface area contributed by atoms with Crippen molar-refractivity contribution in [1.29, 1.82) is 5.26 Å². The van der Waals surface area contributed by atoms with Gasteiger partial charge in [-0.15, -0.1) is 0 Å². The Kier molecular flexibility index (Phi) is 3.91. The minimum atomic E-state index is -0.659. The van der Waals surface area contributed by atoms with E-state index in [1.807, 2.05) is 6.07 Å². The molecule has 0 amide bonds. The third-order valence-electron chi connectivity index (χ3n) is 2.70. The standard InChI is InChI=1S/C14H10FN3O2/c15-12-4-5-13(14(7-12)18(19)20)17-9-11-3-1-2-10(6-11)8-16/h1-7,17H,9H2. The van der Waals surface area contributed by atoms with E-state index in [0.29, 0.717) is 12.1 Å². The first kappa shape index (κ1) is 13.5. The fourth-order valence-corrected chi connectivity index (χ4v) is 1.75. The number of nitro benzene ring substituents is 1. The molecule has 0 aromatic heterocycles. The number of nitro groups is 1. The van der Waals surface area contributed by atoms with Gasteiger partial charge in [0.05, 0.1) is 22.6 Å². The lowest BCUT2D eigenvalue weighted by molar-refractivity contribution is -0.384. The van der Waals surface area contributed by atoms with E-state index in [2.05, 4.69) is 5.32 Å². The van der Waals surface area contributed by atoms with Gasteiger partial charge in [0.15, 0.2) is 0 Å². The highest BCUT2D eigenvalue weighted by Gasteiger charge is 2.14. The smallest absolute Gasteiger partial charge is 0.295 e. The first-order valence-electron chi connectivity index (χ1n) is 5.77. The van der Waals surface area contributed by atoms with Gasteiger partial charge in [-0.05, 0) is 29.8 Å². The highest BCUT2D eigenvalue weighted by Crippen LogP contribution is 2.25. The van der Waals surface area contributed by atoms with Crippen molar-refractivity contribution in [2.75, 3.05) is 5.32 Å². The fourth-order valence-electron chi connectivity index (χ4n) is 1.75. The number of anilines is 1. The number of rotatable bonds is 4. The molecule has 0 aliphatic heterocycles.